The van der Waals surface area contributed by atoms with Gasteiger partial charge in [-0.3, -0.25) is 38.8 Å². The van der Waals surface area contributed by atoms with Crippen LogP contribution in [0, 0.1) is 36.5 Å². The van der Waals surface area contributed by atoms with Gasteiger partial charge in [-0.15, -0.1) is 0 Å². The number of carbonyl (C=O) groups is 5. The molecule has 19 heteroatoms. The van der Waals surface area contributed by atoms with Crippen molar-refractivity contribution in [3.8, 4) is 5.75 Å². The van der Waals surface area contributed by atoms with Gasteiger partial charge in [-0.25, -0.2) is 17.4 Å². The molecule has 0 aliphatic carbocycles. The van der Waals surface area contributed by atoms with Gasteiger partial charge in [-0.05, 0) is 78.5 Å². The zero-order valence-electron chi connectivity index (χ0n) is 43.9. The number of Topliss-reactive ketones (excluding diaryl/α,β-unsaturated/α-hetero) is 2. The molecule has 0 saturated carbocycles. The van der Waals surface area contributed by atoms with Crippen LogP contribution >= 0.6 is 0 Å². The maximum absolute atomic E-state index is 16.0. The fourth-order valence-electron chi connectivity index (χ4n) is 10.3. The molecule has 402 valence electrons. The van der Waals surface area contributed by atoms with Gasteiger partial charge in [-0.2, -0.15) is 0 Å². The number of aromatic nitrogens is 3. The molecule has 7 N–H and O–H groups in total. The van der Waals surface area contributed by atoms with Crippen LogP contribution in [-0.4, -0.2) is 128 Å². The number of aliphatic hydroxyl groups is 1. The summed E-state index contributed by atoms with van der Waals surface area (Å²) >= 11 is 0. The van der Waals surface area contributed by atoms with E-state index in [0.717, 1.165) is 37.1 Å². The number of carbonyl (C=O) groups excluding carboxylic acids is 5. The van der Waals surface area contributed by atoms with Crippen LogP contribution in [0.2, 0.25) is 0 Å². The summed E-state index contributed by atoms with van der Waals surface area (Å²) in [7, 11) is -4.20. The standard InChI is InChI=1S/C56H72N8O10S/c1-8-36(7)49(58)53(68)60-30-45-47(65)26-39(29-59-45)51(66)44(34(4)5)28-56(71,48(57)24-33(2)3)52(67)46(27-40-31-63(32-61-40)75(72,73)41-18-16-35(6)17-19-41)64-54(69)43(50(55(64)70)62-20-22-74-23-21-62)25-38-14-11-13-37-12-9-10-15-42(37)38/h9-19,26,29,31-34,36,43-44,46,48-50,65,71H,8,20-25,27-28,30,57-58H2,1-7H3,(H,60,68)/t36-,43?,44?,46-,48-,49+,50?,56-/m0/s1. The summed E-state index contributed by atoms with van der Waals surface area (Å²) < 4.78 is 34.4. The molecule has 4 heterocycles. The molecule has 3 amide bonds. The number of fused-ring (bicyclic) bond motifs is 1. The van der Waals surface area contributed by atoms with E-state index in [1.54, 1.807) is 26.0 Å². The summed E-state index contributed by atoms with van der Waals surface area (Å²) in [5.41, 5.74) is 12.1. The minimum Gasteiger partial charge on any atom is -0.506 e. The van der Waals surface area contributed by atoms with Gasteiger partial charge in [0.25, 0.3) is 10.0 Å². The molecule has 2 aliphatic heterocycles. The molecule has 7 rings (SSSR count). The van der Waals surface area contributed by atoms with Crippen LogP contribution < -0.4 is 16.8 Å². The number of aryl methyl sites for hydroxylation is 1. The van der Waals surface area contributed by atoms with Crippen molar-refractivity contribution in [2.24, 2.45) is 41.1 Å². The third-order valence-corrected chi connectivity index (χ3v) is 16.7. The average molecular weight is 1050 g/mol. The van der Waals surface area contributed by atoms with Gasteiger partial charge in [0.15, 0.2) is 11.6 Å². The first kappa shape index (κ1) is 56.5. The predicted octanol–water partition coefficient (Wildman–Crippen LogP) is 4.73. The molecule has 75 heavy (non-hydrogen) atoms. The fraction of sp³-hybridized carbons (Fsp3) is 0.482. The number of imide groups is 1. The Morgan fingerprint density at radius 3 is 2.27 bits per heavy atom. The lowest BCUT2D eigenvalue weighted by molar-refractivity contribution is -0.157. The minimum absolute atomic E-state index is 0.0148. The zero-order chi connectivity index (χ0) is 54.5. The molecule has 0 bridgehead atoms. The van der Waals surface area contributed by atoms with Crippen molar-refractivity contribution in [2.75, 3.05) is 26.3 Å². The molecule has 8 atom stereocenters. The summed E-state index contributed by atoms with van der Waals surface area (Å²) in [6.07, 6.45) is 3.32. The number of hydrogen-bond acceptors (Lipinski definition) is 15. The van der Waals surface area contributed by atoms with E-state index in [1.165, 1.54) is 30.6 Å². The van der Waals surface area contributed by atoms with Crippen LogP contribution in [-0.2, 0) is 53.3 Å². The second-order valence-electron chi connectivity index (χ2n) is 21.1. The highest BCUT2D eigenvalue weighted by Crippen LogP contribution is 2.38. The summed E-state index contributed by atoms with van der Waals surface area (Å²) in [6, 6.07) is 15.9. The van der Waals surface area contributed by atoms with Gasteiger partial charge >= 0.3 is 0 Å². The molecular weight excluding hydrogens is 977 g/mol. The number of pyridine rings is 1. The van der Waals surface area contributed by atoms with E-state index in [4.69, 9.17) is 16.2 Å². The van der Waals surface area contributed by atoms with Gasteiger partial charge in [-0.1, -0.05) is 108 Å². The normalized spacial score (nSPS) is 19.5. The second-order valence-corrected chi connectivity index (χ2v) is 22.9. The number of ether oxygens (including phenoxy) is 1. The third kappa shape index (κ3) is 12.2. The van der Waals surface area contributed by atoms with Crippen LogP contribution in [0.15, 0.2) is 96.4 Å². The average Bonchev–Trinajstić information content (AvgIpc) is 3.97. The Balaban J connectivity index is 1.30. The first-order chi connectivity index (χ1) is 35.6. The molecule has 3 unspecified atom stereocenters. The Morgan fingerprint density at radius 1 is 0.933 bits per heavy atom. The summed E-state index contributed by atoms with van der Waals surface area (Å²) in [5, 5.41) is 28.9. The van der Waals surface area contributed by atoms with Crippen molar-refractivity contribution >= 4 is 50.1 Å². The molecular formula is C56H72N8O10S. The first-order valence-electron chi connectivity index (χ1n) is 25.8. The molecule has 2 saturated heterocycles. The van der Waals surface area contributed by atoms with Crippen LogP contribution in [0.1, 0.15) is 93.7 Å². The van der Waals surface area contributed by atoms with Crippen molar-refractivity contribution in [2.45, 2.75) is 122 Å². The Hall–Kier alpha value is -6.22. The minimum atomic E-state index is -4.20. The Kier molecular flexibility index (Phi) is 17.9. The van der Waals surface area contributed by atoms with Gasteiger partial charge in [0, 0.05) is 49.4 Å². The molecule has 3 aromatic carbocycles. The molecule has 2 aliphatic rings. The lowest BCUT2D eigenvalue weighted by Crippen LogP contribution is -2.63. The SMILES string of the molecule is CC[C@H](C)[C@@H](N)C(=O)NCc1ncc(C(=O)C(C[C@@](O)(C(=O)[C@H](Cc2cn(S(=O)(=O)c3ccc(C)cc3)cn2)N2C(=O)C(Cc3cccc4ccccc34)C(N3CCOCC3)C2=O)[C@@H](N)CC(C)C)C(C)C)cc1O. The van der Waals surface area contributed by atoms with E-state index < -0.39 is 99.7 Å². The van der Waals surface area contributed by atoms with Crippen LogP contribution in [0.25, 0.3) is 10.8 Å². The van der Waals surface area contributed by atoms with Crippen LogP contribution in [0.4, 0.5) is 0 Å². The molecule has 2 aromatic heterocycles. The summed E-state index contributed by atoms with van der Waals surface area (Å²) in [6.45, 7) is 13.8. The molecule has 18 nitrogen and oxygen atoms in total. The highest BCUT2D eigenvalue weighted by Gasteiger charge is 2.57. The van der Waals surface area contributed by atoms with Gasteiger partial charge in [0.1, 0.15) is 35.5 Å². The van der Waals surface area contributed by atoms with E-state index >= 15 is 14.4 Å². The number of nitrogens with zero attached hydrogens (tertiary/aromatic N) is 5. The van der Waals surface area contributed by atoms with Crippen molar-refractivity contribution < 1.29 is 47.3 Å². The highest BCUT2D eigenvalue weighted by atomic mass is 32.2. The molecule has 0 spiro atoms. The van der Waals surface area contributed by atoms with Gasteiger partial charge in [0.2, 0.25) is 17.7 Å². The fourth-order valence-corrected chi connectivity index (χ4v) is 11.4. The Morgan fingerprint density at radius 2 is 1.61 bits per heavy atom. The largest absolute Gasteiger partial charge is 0.506 e. The number of amides is 3. The third-order valence-electron chi connectivity index (χ3n) is 15.1. The predicted molar refractivity (Wildman–Crippen MR) is 282 cm³/mol. The van der Waals surface area contributed by atoms with Crippen LogP contribution in [0.5, 0.6) is 5.75 Å². The lowest BCUT2D eigenvalue weighted by atomic mass is 9.71. The lowest BCUT2D eigenvalue weighted by Gasteiger charge is -2.40. The molecule has 0 radical (unpaired) electrons. The number of morpholine rings is 1. The van der Waals surface area contributed by atoms with Gasteiger partial charge < -0.3 is 31.7 Å². The monoisotopic (exact) mass is 1050 g/mol. The van der Waals surface area contributed by atoms with E-state index in [1.807, 2.05) is 82.0 Å². The number of hydrogen-bond donors (Lipinski definition) is 5. The number of ketones is 2. The number of nitrogens with two attached hydrogens (primary N) is 2. The number of aromatic hydroxyl groups is 1. The smallest absolute Gasteiger partial charge is 0.268 e. The number of likely N-dealkylation sites (tertiary alicyclic amines) is 1. The van der Waals surface area contributed by atoms with Crippen molar-refractivity contribution in [1.82, 2.24) is 29.1 Å². The summed E-state index contributed by atoms with van der Waals surface area (Å²) in [4.78, 5) is 85.9. The van der Waals surface area contributed by atoms with Crippen molar-refractivity contribution in [1.29, 1.82) is 0 Å². The number of imidazole rings is 1. The Bertz CT molecular complexity index is 2990. The van der Waals surface area contributed by atoms with Gasteiger partial charge in [0.05, 0.1) is 42.3 Å². The number of nitrogens with one attached hydrogen (secondary N) is 1. The van der Waals surface area contributed by atoms with Crippen molar-refractivity contribution in [3.05, 3.63) is 120 Å². The van der Waals surface area contributed by atoms with E-state index in [9.17, 15) is 28.2 Å². The molecule has 5 aromatic rings. The maximum atomic E-state index is 16.0. The molecule has 2 fully saturated rings. The first-order valence-corrected chi connectivity index (χ1v) is 27.3. The quantitative estimate of drug-likeness (QED) is 0.0437. The zero-order valence-corrected chi connectivity index (χ0v) is 44.7. The number of rotatable bonds is 23. The van der Waals surface area contributed by atoms with Crippen LogP contribution in [0.3, 0.4) is 0 Å². The topological polar surface area (TPSA) is 270 Å². The van der Waals surface area contributed by atoms with Crippen molar-refractivity contribution in [3.63, 3.8) is 0 Å². The Labute approximate surface area is 439 Å². The van der Waals surface area contributed by atoms with E-state index in [-0.39, 0.29) is 58.8 Å². The highest BCUT2D eigenvalue weighted by molar-refractivity contribution is 7.90. The van der Waals surface area contributed by atoms with E-state index in [2.05, 4.69) is 15.3 Å². The number of benzene rings is 3. The van der Waals surface area contributed by atoms with E-state index in [0.29, 0.717) is 32.7 Å². The maximum Gasteiger partial charge on any atom is 0.268 e. The summed E-state index contributed by atoms with van der Waals surface area (Å²) in [5.74, 6) is -6.79. The second kappa shape index (κ2) is 23.8.